The topological polar surface area (TPSA) is 71.7 Å². The van der Waals surface area contributed by atoms with Gasteiger partial charge >= 0.3 is 6.09 Å². The van der Waals surface area contributed by atoms with Gasteiger partial charge in [-0.05, 0) is 27.2 Å². The van der Waals surface area contributed by atoms with E-state index in [4.69, 9.17) is 9.26 Å². The second-order valence-electron chi connectivity index (χ2n) is 6.55. The minimum absolute atomic E-state index is 0.236. The Bertz CT molecular complexity index is 495. The van der Waals surface area contributed by atoms with Gasteiger partial charge in [-0.15, -0.1) is 0 Å². The molecule has 0 spiro atoms. The second-order valence-corrected chi connectivity index (χ2v) is 6.55. The summed E-state index contributed by atoms with van der Waals surface area (Å²) in [7, 11) is 0. The fourth-order valence-corrected chi connectivity index (χ4v) is 2.33. The summed E-state index contributed by atoms with van der Waals surface area (Å²) in [5, 5.41) is 3.91. The molecule has 2 rings (SSSR count). The van der Waals surface area contributed by atoms with E-state index in [1.807, 2.05) is 27.7 Å². The summed E-state index contributed by atoms with van der Waals surface area (Å²) in [6.45, 7) is 11.3. The normalized spacial score (nSPS) is 17.4. The largest absolute Gasteiger partial charge is 0.444 e. The Morgan fingerprint density at radius 3 is 2.68 bits per heavy atom. The third kappa shape index (κ3) is 4.98. The molecule has 1 amide bonds. The van der Waals surface area contributed by atoms with Gasteiger partial charge in [0, 0.05) is 32.6 Å². The van der Waals surface area contributed by atoms with Crippen LogP contribution in [-0.4, -0.2) is 57.8 Å². The lowest BCUT2D eigenvalue weighted by Gasteiger charge is -2.26. The number of amides is 1. The quantitative estimate of drug-likeness (QED) is 0.851. The highest BCUT2D eigenvalue weighted by Gasteiger charge is 2.24. The van der Waals surface area contributed by atoms with Crippen LogP contribution < -0.4 is 0 Å². The van der Waals surface area contributed by atoms with Crippen LogP contribution in [0.4, 0.5) is 4.79 Å². The van der Waals surface area contributed by atoms with E-state index in [1.54, 1.807) is 4.90 Å². The van der Waals surface area contributed by atoms with Crippen molar-refractivity contribution in [1.29, 1.82) is 0 Å². The molecule has 1 aromatic rings. The molecule has 7 heteroatoms. The molecular weight excluding hydrogens is 284 g/mol. The molecule has 0 unspecified atom stereocenters. The zero-order valence-corrected chi connectivity index (χ0v) is 14.0. The van der Waals surface area contributed by atoms with Gasteiger partial charge in [0.05, 0.1) is 6.54 Å². The van der Waals surface area contributed by atoms with Gasteiger partial charge in [-0.1, -0.05) is 12.1 Å². The van der Waals surface area contributed by atoms with Crippen molar-refractivity contribution in [2.24, 2.45) is 0 Å². The first-order chi connectivity index (χ1) is 10.4. The van der Waals surface area contributed by atoms with E-state index in [0.717, 1.165) is 38.3 Å². The summed E-state index contributed by atoms with van der Waals surface area (Å²) in [5.74, 6) is 1.38. The van der Waals surface area contributed by atoms with Gasteiger partial charge in [0.25, 0.3) is 0 Å². The molecule has 1 fully saturated rings. The summed E-state index contributed by atoms with van der Waals surface area (Å²) in [6, 6.07) is 0. The zero-order chi connectivity index (χ0) is 16.2. The van der Waals surface area contributed by atoms with E-state index in [1.165, 1.54) is 0 Å². The molecule has 0 atom stereocenters. The van der Waals surface area contributed by atoms with Crippen LogP contribution in [0.3, 0.4) is 0 Å². The Hall–Kier alpha value is -1.63. The third-order valence-corrected chi connectivity index (χ3v) is 3.43. The number of rotatable bonds is 3. The molecule has 0 aliphatic carbocycles. The van der Waals surface area contributed by atoms with Gasteiger partial charge in [0.15, 0.2) is 5.82 Å². The zero-order valence-electron chi connectivity index (χ0n) is 14.0. The maximum atomic E-state index is 12.1. The predicted molar refractivity (Wildman–Crippen MR) is 81.4 cm³/mol. The first kappa shape index (κ1) is 16.7. The molecule has 0 saturated carbocycles. The average molecular weight is 310 g/mol. The van der Waals surface area contributed by atoms with Crippen molar-refractivity contribution in [1.82, 2.24) is 19.9 Å². The standard InChI is InChI=1S/C15H26N4O3/c1-5-12-16-13(22-17-12)11-18-7-6-8-19(10-9-18)14(20)21-15(2,3)4/h5-11H2,1-4H3. The van der Waals surface area contributed by atoms with Crippen LogP contribution in [-0.2, 0) is 17.7 Å². The Morgan fingerprint density at radius 1 is 1.27 bits per heavy atom. The molecule has 22 heavy (non-hydrogen) atoms. The second kappa shape index (κ2) is 7.09. The monoisotopic (exact) mass is 310 g/mol. The van der Waals surface area contributed by atoms with E-state index in [-0.39, 0.29) is 6.09 Å². The summed E-state index contributed by atoms with van der Waals surface area (Å²) in [4.78, 5) is 20.5. The van der Waals surface area contributed by atoms with Crippen LogP contribution in [0, 0.1) is 0 Å². The summed E-state index contributed by atoms with van der Waals surface area (Å²) >= 11 is 0. The Morgan fingerprint density at radius 2 is 2.05 bits per heavy atom. The van der Waals surface area contributed by atoms with E-state index in [2.05, 4.69) is 15.0 Å². The number of carbonyl (C=O) groups is 1. The molecular formula is C15H26N4O3. The van der Waals surface area contributed by atoms with Gasteiger partial charge < -0.3 is 14.2 Å². The highest BCUT2D eigenvalue weighted by atomic mass is 16.6. The fourth-order valence-electron chi connectivity index (χ4n) is 2.33. The average Bonchev–Trinajstić information content (AvgIpc) is 2.74. The first-order valence-electron chi connectivity index (χ1n) is 7.89. The number of aromatic nitrogens is 2. The van der Waals surface area contributed by atoms with Gasteiger partial charge in [-0.3, -0.25) is 4.90 Å². The number of aryl methyl sites for hydroxylation is 1. The number of hydrogen-bond donors (Lipinski definition) is 0. The highest BCUT2D eigenvalue weighted by Crippen LogP contribution is 2.13. The predicted octanol–water partition coefficient (Wildman–Crippen LogP) is 2.07. The summed E-state index contributed by atoms with van der Waals surface area (Å²) < 4.78 is 10.7. The molecule has 0 N–H and O–H groups in total. The smallest absolute Gasteiger partial charge is 0.410 e. The molecule has 2 heterocycles. The molecule has 7 nitrogen and oxygen atoms in total. The lowest BCUT2D eigenvalue weighted by atomic mass is 10.2. The van der Waals surface area contributed by atoms with Gasteiger partial charge in [-0.2, -0.15) is 4.98 Å². The van der Waals surface area contributed by atoms with E-state index < -0.39 is 5.60 Å². The van der Waals surface area contributed by atoms with Crippen LogP contribution in [0.5, 0.6) is 0 Å². The van der Waals surface area contributed by atoms with Gasteiger partial charge in [0.2, 0.25) is 5.89 Å². The molecule has 124 valence electrons. The minimum atomic E-state index is -0.455. The van der Waals surface area contributed by atoms with E-state index in [9.17, 15) is 4.79 Å². The number of hydrogen-bond acceptors (Lipinski definition) is 6. The molecule has 0 radical (unpaired) electrons. The van der Waals surface area contributed by atoms with Crippen LogP contribution in [0.15, 0.2) is 4.52 Å². The summed E-state index contributed by atoms with van der Waals surface area (Å²) in [5.41, 5.74) is -0.455. The van der Waals surface area contributed by atoms with E-state index in [0.29, 0.717) is 19.0 Å². The Labute approximate surface area is 131 Å². The first-order valence-corrected chi connectivity index (χ1v) is 7.89. The minimum Gasteiger partial charge on any atom is -0.444 e. The van der Waals surface area contributed by atoms with Crippen molar-refractivity contribution in [3.8, 4) is 0 Å². The lowest BCUT2D eigenvalue weighted by Crippen LogP contribution is -2.39. The molecule has 1 aliphatic rings. The fraction of sp³-hybridized carbons (Fsp3) is 0.800. The van der Waals surface area contributed by atoms with Crippen molar-refractivity contribution in [3.05, 3.63) is 11.7 Å². The van der Waals surface area contributed by atoms with Crippen LogP contribution in [0.25, 0.3) is 0 Å². The van der Waals surface area contributed by atoms with Crippen molar-refractivity contribution in [2.75, 3.05) is 26.2 Å². The van der Waals surface area contributed by atoms with Crippen molar-refractivity contribution >= 4 is 6.09 Å². The van der Waals surface area contributed by atoms with Crippen LogP contribution >= 0.6 is 0 Å². The maximum absolute atomic E-state index is 12.1. The lowest BCUT2D eigenvalue weighted by molar-refractivity contribution is 0.0257. The number of ether oxygens (including phenoxy) is 1. The van der Waals surface area contributed by atoms with Crippen molar-refractivity contribution in [2.45, 2.75) is 52.7 Å². The van der Waals surface area contributed by atoms with Crippen molar-refractivity contribution < 1.29 is 14.1 Å². The molecule has 0 aromatic carbocycles. The molecule has 0 bridgehead atoms. The van der Waals surface area contributed by atoms with Gasteiger partial charge in [-0.25, -0.2) is 4.79 Å². The molecule has 1 aliphatic heterocycles. The molecule has 1 saturated heterocycles. The maximum Gasteiger partial charge on any atom is 0.410 e. The van der Waals surface area contributed by atoms with Gasteiger partial charge in [0.1, 0.15) is 5.60 Å². The number of nitrogens with zero attached hydrogens (tertiary/aromatic N) is 4. The Balaban J connectivity index is 1.85. The summed E-state index contributed by atoms with van der Waals surface area (Å²) in [6.07, 6.45) is 1.45. The SMILES string of the molecule is CCc1noc(CN2CCCN(C(=O)OC(C)(C)C)CC2)n1. The van der Waals surface area contributed by atoms with E-state index >= 15 is 0 Å². The molecule has 1 aromatic heterocycles. The van der Waals surface area contributed by atoms with Crippen LogP contribution in [0.1, 0.15) is 45.8 Å². The van der Waals surface area contributed by atoms with Crippen molar-refractivity contribution in [3.63, 3.8) is 0 Å². The number of carbonyl (C=O) groups excluding carboxylic acids is 1. The van der Waals surface area contributed by atoms with Crippen LogP contribution in [0.2, 0.25) is 0 Å². The third-order valence-electron chi connectivity index (χ3n) is 3.43. The highest BCUT2D eigenvalue weighted by molar-refractivity contribution is 5.68. The Kier molecular flexibility index (Phi) is 5.39.